The maximum Gasteiger partial charge on any atom is 0.148 e. The lowest BCUT2D eigenvalue weighted by Gasteiger charge is -2.06. The molecule has 1 N–H and O–H groups in total. The van der Waals surface area contributed by atoms with Crippen LogP contribution in [0.15, 0.2) is 12.5 Å². The van der Waals surface area contributed by atoms with E-state index in [2.05, 4.69) is 22.2 Å². The molecule has 0 saturated heterocycles. The summed E-state index contributed by atoms with van der Waals surface area (Å²) in [6.45, 7) is 4.50. The summed E-state index contributed by atoms with van der Waals surface area (Å²) < 4.78 is 5.35. The molecule has 84 valence electrons. The Morgan fingerprint density at radius 1 is 1.47 bits per heavy atom. The van der Waals surface area contributed by atoms with Gasteiger partial charge in [0.25, 0.3) is 0 Å². The first kappa shape index (κ1) is 12.2. The van der Waals surface area contributed by atoms with Crippen molar-refractivity contribution in [2.45, 2.75) is 19.8 Å². The lowest BCUT2D eigenvalue weighted by molar-refractivity contribution is 0.134. The van der Waals surface area contributed by atoms with Crippen LogP contribution in [0.1, 0.15) is 19.8 Å². The van der Waals surface area contributed by atoms with Gasteiger partial charge in [-0.1, -0.05) is 18.5 Å². The molecule has 0 unspecified atom stereocenters. The summed E-state index contributed by atoms with van der Waals surface area (Å²) in [5.41, 5.74) is 0. The fourth-order valence-corrected chi connectivity index (χ4v) is 1.24. The van der Waals surface area contributed by atoms with E-state index in [0.29, 0.717) is 10.8 Å². The molecule has 0 aliphatic carbocycles. The van der Waals surface area contributed by atoms with Crippen LogP contribution in [0.2, 0.25) is 5.02 Å². The van der Waals surface area contributed by atoms with Gasteiger partial charge in [-0.2, -0.15) is 0 Å². The first-order valence-electron chi connectivity index (χ1n) is 5.11. The number of hydrogen-bond donors (Lipinski definition) is 1. The number of aromatic nitrogens is 2. The molecule has 0 bridgehead atoms. The standard InChI is InChI=1S/C10H16ClN3O/c1-2-5-15-6-3-4-13-10-9(11)7-12-8-14-10/h7-8H,2-6H2,1H3,(H,12,13,14). The Morgan fingerprint density at radius 2 is 2.33 bits per heavy atom. The summed E-state index contributed by atoms with van der Waals surface area (Å²) in [5, 5.41) is 3.67. The van der Waals surface area contributed by atoms with E-state index < -0.39 is 0 Å². The van der Waals surface area contributed by atoms with Crippen molar-refractivity contribution < 1.29 is 4.74 Å². The summed E-state index contributed by atoms with van der Waals surface area (Å²) in [6.07, 6.45) is 5.05. The summed E-state index contributed by atoms with van der Waals surface area (Å²) >= 11 is 5.87. The number of halogens is 1. The van der Waals surface area contributed by atoms with Crippen LogP contribution in [0.25, 0.3) is 0 Å². The molecule has 1 heterocycles. The van der Waals surface area contributed by atoms with Crippen LogP contribution in [-0.4, -0.2) is 29.7 Å². The first-order chi connectivity index (χ1) is 7.34. The van der Waals surface area contributed by atoms with E-state index >= 15 is 0 Å². The molecular weight excluding hydrogens is 214 g/mol. The largest absolute Gasteiger partial charge is 0.381 e. The molecule has 4 nitrogen and oxygen atoms in total. The van der Waals surface area contributed by atoms with Crippen molar-refractivity contribution in [1.82, 2.24) is 9.97 Å². The molecule has 0 radical (unpaired) electrons. The zero-order chi connectivity index (χ0) is 10.9. The van der Waals surface area contributed by atoms with Gasteiger partial charge in [-0.3, -0.25) is 0 Å². The SMILES string of the molecule is CCCOCCCNc1ncncc1Cl. The molecule has 1 aromatic heterocycles. The number of nitrogens with one attached hydrogen (secondary N) is 1. The molecule has 0 spiro atoms. The fraction of sp³-hybridized carbons (Fsp3) is 0.600. The Morgan fingerprint density at radius 3 is 3.07 bits per heavy atom. The summed E-state index contributed by atoms with van der Waals surface area (Å²) in [5.74, 6) is 0.683. The lowest BCUT2D eigenvalue weighted by Crippen LogP contribution is -2.07. The Bertz CT molecular complexity index is 283. The third-order valence-electron chi connectivity index (χ3n) is 1.77. The van der Waals surface area contributed by atoms with Crippen LogP contribution in [0, 0.1) is 0 Å². The highest BCUT2D eigenvalue weighted by molar-refractivity contribution is 6.32. The van der Waals surface area contributed by atoms with E-state index in [1.807, 2.05) is 0 Å². The second-order valence-electron chi connectivity index (χ2n) is 3.11. The average Bonchev–Trinajstić information content (AvgIpc) is 2.25. The van der Waals surface area contributed by atoms with Crippen LogP contribution in [0.4, 0.5) is 5.82 Å². The van der Waals surface area contributed by atoms with Crippen molar-refractivity contribution >= 4 is 17.4 Å². The van der Waals surface area contributed by atoms with E-state index in [-0.39, 0.29) is 0 Å². The maximum absolute atomic E-state index is 5.87. The van der Waals surface area contributed by atoms with Crippen molar-refractivity contribution in [3.8, 4) is 0 Å². The predicted octanol–water partition coefficient (Wildman–Crippen LogP) is 2.36. The molecule has 0 aliphatic rings. The zero-order valence-corrected chi connectivity index (χ0v) is 9.63. The Hall–Kier alpha value is -0.870. The van der Waals surface area contributed by atoms with E-state index in [4.69, 9.17) is 16.3 Å². The maximum atomic E-state index is 5.87. The van der Waals surface area contributed by atoms with Gasteiger partial charge in [0, 0.05) is 19.8 Å². The van der Waals surface area contributed by atoms with Crippen LogP contribution in [-0.2, 0) is 4.74 Å². The topological polar surface area (TPSA) is 47.0 Å². The zero-order valence-electron chi connectivity index (χ0n) is 8.87. The molecule has 0 aromatic carbocycles. The normalized spacial score (nSPS) is 10.3. The van der Waals surface area contributed by atoms with E-state index in [0.717, 1.165) is 32.6 Å². The van der Waals surface area contributed by atoms with Gasteiger partial charge >= 0.3 is 0 Å². The van der Waals surface area contributed by atoms with Gasteiger partial charge in [0.2, 0.25) is 0 Å². The lowest BCUT2D eigenvalue weighted by atomic mass is 10.4. The van der Waals surface area contributed by atoms with Gasteiger partial charge < -0.3 is 10.1 Å². The first-order valence-corrected chi connectivity index (χ1v) is 5.49. The van der Waals surface area contributed by atoms with Crippen molar-refractivity contribution in [3.05, 3.63) is 17.5 Å². The van der Waals surface area contributed by atoms with Crippen LogP contribution < -0.4 is 5.32 Å². The second kappa shape index (κ2) is 7.43. The number of ether oxygens (including phenoxy) is 1. The second-order valence-corrected chi connectivity index (χ2v) is 3.52. The molecule has 15 heavy (non-hydrogen) atoms. The Labute approximate surface area is 95.0 Å². The summed E-state index contributed by atoms with van der Waals surface area (Å²) in [6, 6.07) is 0. The quantitative estimate of drug-likeness (QED) is 0.730. The van der Waals surface area contributed by atoms with Gasteiger partial charge in [-0.25, -0.2) is 9.97 Å². The van der Waals surface area contributed by atoms with Gasteiger partial charge in [0.1, 0.15) is 17.2 Å². The van der Waals surface area contributed by atoms with Crippen molar-refractivity contribution in [2.75, 3.05) is 25.1 Å². The molecule has 5 heteroatoms. The minimum Gasteiger partial charge on any atom is -0.381 e. The monoisotopic (exact) mass is 229 g/mol. The minimum atomic E-state index is 0.548. The summed E-state index contributed by atoms with van der Waals surface area (Å²) in [7, 11) is 0. The van der Waals surface area contributed by atoms with Crippen LogP contribution in [0.3, 0.4) is 0 Å². The third kappa shape index (κ3) is 4.95. The Kier molecular flexibility index (Phi) is 6.04. The third-order valence-corrected chi connectivity index (χ3v) is 2.05. The number of hydrogen-bond acceptors (Lipinski definition) is 4. The number of rotatable bonds is 7. The van der Waals surface area contributed by atoms with Crippen LogP contribution >= 0.6 is 11.6 Å². The smallest absolute Gasteiger partial charge is 0.148 e. The van der Waals surface area contributed by atoms with Crippen molar-refractivity contribution in [1.29, 1.82) is 0 Å². The molecule has 0 fully saturated rings. The molecule has 0 aliphatic heterocycles. The summed E-state index contributed by atoms with van der Waals surface area (Å²) in [4.78, 5) is 7.82. The van der Waals surface area contributed by atoms with E-state index in [9.17, 15) is 0 Å². The molecular formula is C10H16ClN3O. The van der Waals surface area contributed by atoms with Crippen LogP contribution in [0.5, 0.6) is 0 Å². The van der Waals surface area contributed by atoms with Crippen molar-refractivity contribution in [3.63, 3.8) is 0 Å². The molecule has 0 saturated carbocycles. The van der Waals surface area contributed by atoms with Gasteiger partial charge in [-0.15, -0.1) is 0 Å². The average molecular weight is 230 g/mol. The number of nitrogens with zero attached hydrogens (tertiary/aromatic N) is 2. The minimum absolute atomic E-state index is 0.548. The molecule has 1 aromatic rings. The van der Waals surface area contributed by atoms with Gasteiger partial charge in [0.15, 0.2) is 0 Å². The van der Waals surface area contributed by atoms with Crippen molar-refractivity contribution in [2.24, 2.45) is 0 Å². The van der Waals surface area contributed by atoms with Gasteiger partial charge in [0.05, 0.1) is 6.20 Å². The predicted molar refractivity (Wildman–Crippen MR) is 61.3 cm³/mol. The fourth-order valence-electron chi connectivity index (χ4n) is 1.07. The van der Waals surface area contributed by atoms with E-state index in [1.54, 1.807) is 6.20 Å². The highest BCUT2D eigenvalue weighted by Gasteiger charge is 1.98. The molecule has 0 amide bonds. The highest BCUT2D eigenvalue weighted by atomic mass is 35.5. The molecule has 0 atom stereocenters. The number of anilines is 1. The van der Waals surface area contributed by atoms with Gasteiger partial charge in [-0.05, 0) is 12.8 Å². The Balaban J connectivity index is 2.12. The highest BCUT2D eigenvalue weighted by Crippen LogP contribution is 2.15. The molecule has 1 rings (SSSR count). The van der Waals surface area contributed by atoms with E-state index in [1.165, 1.54) is 6.33 Å².